The van der Waals surface area contributed by atoms with Gasteiger partial charge < -0.3 is 14.9 Å². The summed E-state index contributed by atoms with van der Waals surface area (Å²) in [6.45, 7) is 3.80. The smallest absolute Gasteiger partial charge is 0.181 e. The van der Waals surface area contributed by atoms with E-state index < -0.39 is 12.4 Å². The molecule has 0 aromatic rings. The Hall–Kier alpha value is -0.120. The third-order valence-electron chi connectivity index (χ3n) is 1.95. The van der Waals surface area contributed by atoms with Crippen molar-refractivity contribution in [2.75, 3.05) is 0 Å². The molecule has 1 unspecified atom stereocenters. The zero-order valence-corrected chi connectivity index (χ0v) is 6.32. The molecule has 3 heteroatoms. The van der Waals surface area contributed by atoms with E-state index in [-0.39, 0.29) is 12.0 Å². The van der Waals surface area contributed by atoms with Gasteiger partial charge in [-0.05, 0) is 19.3 Å². The number of aliphatic hydroxyl groups excluding tert-OH is 2. The van der Waals surface area contributed by atoms with Gasteiger partial charge in [-0.2, -0.15) is 0 Å². The number of rotatable bonds is 0. The summed E-state index contributed by atoms with van der Waals surface area (Å²) in [7, 11) is 0. The van der Waals surface area contributed by atoms with E-state index in [0.29, 0.717) is 0 Å². The molecular weight excluding hydrogens is 132 g/mol. The Kier molecular flexibility index (Phi) is 2.28. The Morgan fingerprint density at radius 1 is 1.30 bits per heavy atom. The first kappa shape index (κ1) is 7.98. The molecule has 1 saturated heterocycles. The highest BCUT2D eigenvalue weighted by Gasteiger charge is 2.31. The van der Waals surface area contributed by atoms with Crippen LogP contribution in [0.2, 0.25) is 0 Å². The van der Waals surface area contributed by atoms with Gasteiger partial charge in [-0.25, -0.2) is 0 Å². The molecule has 1 aliphatic heterocycles. The topological polar surface area (TPSA) is 49.7 Å². The predicted molar refractivity (Wildman–Crippen MR) is 36.3 cm³/mol. The van der Waals surface area contributed by atoms with Gasteiger partial charge in [0.15, 0.2) is 6.29 Å². The lowest BCUT2D eigenvalue weighted by Gasteiger charge is -2.33. The van der Waals surface area contributed by atoms with Crippen molar-refractivity contribution in [1.29, 1.82) is 0 Å². The summed E-state index contributed by atoms with van der Waals surface area (Å²) in [4.78, 5) is 0. The van der Waals surface area contributed by atoms with Crippen LogP contribution in [0.5, 0.6) is 0 Å². The minimum Gasteiger partial charge on any atom is -0.388 e. The maximum atomic E-state index is 9.19. The first-order chi connectivity index (χ1) is 4.61. The Bertz CT molecular complexity index is 103. The number of ether oxygens (including phenoxy) is 1. The van der Waals surface area contributed by atoms with Crippen LogP contribution in [0.25, 0.3) is 0 Å². The molecule has 1 rings (SSSR count). The molecule has 0 aromatic heterocycles. The lowest BCUT2D eigenvalue weighted by Crippen LogP contribution is -2.42. The summed E-state index contributed by atoms with van der Waals surface area (Å²) < 4.78 is 4.97. The molecule has 0 spiro atoms. The van der Waals surface area contributed by atoms with Gasteiger partial charge in [0.05, 0.1) is 6.10 Å². The molecule has 0 saturated carbocycles. The van der Waals surface area contributed by atoms with Gasteiger partial charge in [0.25, 0.3) is 0 Å². The SMILES string of the molecule is C[C@@H]1C[C@H](C)[C@@H](O)C(O)O1. The lowest BCUT2D eigenvalue weighted by atomic mass is 9.95. The predicted octanol–water partition coefficient (Wildman–Crippen LogP) is 0.111. The second-order valence-corrected chi connectivity index (χ2v) is 3.04. The van der Waals surface area contributed by atoms with Gasteiger partial charge in [-0.1, -0.05) is 6.92 Å². The van der Waals surface area contributed by atoms with Crippen molar-refractivity contribution in [3.05, 3.63) is 0 Å². The molecule has 0 aliphatic carbocycles. The highest BCUT2D eigenvalue weighted by atomic mass is 16.6. The minimum atomic E-state index is -0.987. The number of hydrogen-bond acceptors (Lipinski definition) is 3. The Balaban J connectivity index is 2.49. The Labute approximate surface area is 60.6 Å². The number of hydrogen-bond donors (Lipinski definition) is 2. The van der Waals surface area contributed by atoms with Crippen molar-refractivity contribution in [3.63, 3.8) is 0 Å². The molecule has 0 aromatic carbocycles. The van der Waals surface area contributed by atoms with Crippen LogP contribution in [0, 0.1) is 5.92 Å². The van der Waals surface area contributed by atoms with Gasteiger partial charge in [-0.3, -0.25) is 0 Å². The standard InChI is InChI=1S/C7H14O3/c1-4-3-5(2)10-7(9)6(4)8/h4-9H,3H2,1-2H3/t4-,5+,6+,7?/m0/s1. The van der Waals surface area contributed by atoms with Crippen LogP contribution in [-0.2, 0) is 4.74 Å². The zero-order chi connectivity index (χ0) is 7.72. The third-order valence-corrected chi connectivity index (χ3v) is 1.95. The summed E-state index contributed by atoms with van der Waals surface area (Å²) in [6.07, 6.45) is -0.818. The van der Waals surface area contributed by atoms with Crippen molar-refractivity contribution in [1.82, 2.24) is 0 Å². The minimum absolute atomic E-state index is 0.0633. The third kappa shape index (κ3) is 1.48. The molecular formula is C7H14O3. The van der Waals surface area contributed by atoms with Gasteiger partial charge >= 0.3 is 0 Å². The molecule has 60 valence electrons. The van der Waals surface area contributed by atoms with E-state index in [1.165, 1.54) is 0 Å². The van der Waals surface area contributed by atoms with Gasteiger partial charge in [0, 0.05) is 0 Å². The van der Waals surface area contributed by atoms with Crippen LogP contribution in [0.3, 0.4) is 0 Å². The largest absolute Gasteiger partial charge is 0.388 e. The van der Waals surface area contributed by atoms with Crippen molar-refractivity contribution in [3.8, 4) is 0 Å². The fourth-order valence-corrected chi connectivity index (χ4v) is 1.32. The van der Waals surface area contributed by atoms with Crippen LogP contribution >= 0.6 is 0 Å². The molecule has 0 radical (unpaired) electrons. The van der Waals surface area contributed by atoms with Crippen molar-refractivity contribution in [2.24, 2.45) is 5.92 Å². The highest BCUT2D eigenvalue weighted by molar-refractivity contribution is 4.75. The highest BCUT2D eigenvalue weighted by Crippen LogP contribution is 2.23. The van der Waals surface area contributed by atoms with Crippen molar-refractivity contribution >= 4 is 0 Å². The molecule has 1 aliphatic rings. The van der Waals surface area contributed by atoms with E-state index in [9.17, 15) is 5.11 Å². The van der Waals surface area contributed by atoms with Crippen LogP contribution < -0.4 is 0 Å². The molecule has 1 fully saturated rings. The van der Waals surface area contributed by atoms with Gasteiger partial charge in [0.1, 0.15) is 6.10 Å². The first-order valence-electron chi connectivity index (χ1n) is 3.63. The van der Waals surface area contributed by atoms with Crippen LogP contribution in [0.15, 0.2) is 0 Å². The molecule has 4 atom stereocenters. The molecule has 2 N–H and O–H groups in total. The lowest BCUT2D eigenvalue weighted by molar-refractivity contribution is -0.227. The summed E-state index contributed by atoms with van der Waals surface area (Å²) >= 11 is 0. The van der Waals surface area contributed by atoms with E-state index >= 15 is 0 Å². The van der Waals surface area contributed by atoms with E-state index in [1.54, 1.807) is 0 Å². The monoisotopic (exact) mass is 146 g/mol. The van der Waals surface area contributed by atoms with Gasteiger partial charge in [0.2, 0.25) is 0 Å². The quantitative estimate of drug-likeness (QED) is 0.510. The molecule has 10 heavy (non-hydrogen) atoms. The van der Waals surface area contributed by atoms with Crippen LogP contribution in [-0.4, -0.2) is 28.7 Å². The summed E-state index contributed by atoms with van der Waals surface area (Å²) in [5, 5.41) is 18.2. The zero-order valence-electron chi connectivity index (χ0n) is 6.32. The van der Waals surface area contributed by atoms with Crippen molar-refractivity contribution in [2.45, 2.75) is 38.8 Å². The second kappa shape index (κ2) is 2.86. The average Bonchev–Trinajstić information content (AvgIpc) is 1.82. The molecule has 1 heterocycles. The first-order valence-corrected chi connectivity index (χ1v) is 3.63. The summed E-state index contributed by atoms with van der Waals surface area (Å²) in [5.41, 5.74) is 0. The maximum Gasteiger partial charge on any atom is 0.181 e. The summed E-state index contributed by atoms with van der Waals surface area (Å²) in [6, 6.07) is 0. The summed E-state index contributed by atoms with van der Waals surface area (Å²) in [5.74, 6) is 0.138. The van der Waals surface area contributed by atoms with Gasteiger partial charge in [-0.15, -0.1) is 0 Å². The van der Waals surface area contributed by atoms with E-state index in [4.69, 9.17) is 9.84 Å². The number of aliphatic hydroxyl groups is 2. The van der Waals surface area contributed by atoms with Crippen LogP contribution in [0.1, 0.15) is 20.3 Å². The molecule has 0 bridgehead atoms. The normalized spacial score (nSPS) is 49.2. The van der Waals surface area contributed by atoms with Crippen molar-refractivity contribution < 1.29 is 14.9 Å². The Morgan fingerprint density at radius 2 is 1.90 bits per heavy atom. The molecule has 0 amide bonds. The second-order valence-electron chi connectivity index (χ2n) is 3.04. The van der Waals surface area contributed by atoms with Crippen LogP contribution in [0.4, 0.5) is 0 Å². The molecule has 3 nitrogen and oxygen atoms in total. The average molecular weight is 146 g/mol. The van der Waals surface area contributed by atoms with E-state index in [2.05, 4.69) is 0 Å². The van der Waals surface area contributed by atoms with E-state index in [0.717, 1.165) is 6.42 Å². The fraction of sp³-hybridized carbons (Fsp3) is 1.00. The fourth-order valence-electron chi connectivity index (χ4n) is 1.32. The maximum absolute atomic E-state index is 9.19. The Morgan fingerprint density at radius 3 is 2.40 bits per heavy atom. The van der Waals surface area contributed by atoms with E-state index in [1.807, 2.05) is 13.8 Å².